The first-order valence-corrected chi connectivity index (χ1v) is 13.2. The van der Waals surface area contributed by atoms with Gasteiger partial charge < -0.3 is 20.0 Å². The van der Waals surface area contributed by atoms with E-state index in [1.54, 1.807) is 57.0 Å². The van der Waals surface area contributed by atoms with Crippen molar-refractivity contribution in [2.75, 3.05) is 31.6 Å². The molecular weight excluding hydrogens is 504 g/mol. The molecule has 200 valence electrons. The van der Waals surface area contributed by atoms with Crippen LogP contribution in [0.1, 0.15) is 42.6 Å². The summed E-state index contributed by atoms with van der Waals surface area (Å²) < 4.78 is 1.67. The summed E-state index contributed by atoms with van der Waals surface area (Å²) in [6.45, 7) is 5.11. The van der Waals surface area contributed by atoms with Crippen LogP contribution in [0.3, 0.4) is 0 Å². The molecule has 0 saturated carbocycles. The molecule has 1 aliphatic rings. The lowest BCUT2D eigenvalue weighted by Crippen LogP contribution is -2.50. The second-order valence-corrected chi connectivity index (χ2v) is 9.87. The minimum absolute atomic E-state index is 0.0786. The van der Waals surface area contributed by atoms with Crippen LogP contribution in [-0.4, -0.2) is 70.1 Å². The van der Waals surface area contributed by atoms with Crippen LogP contribution in [0, 0.1) is 0 Å². The zero-order valence-electron chi connectivity index (χ0n) is 21.9. The van der Waals surface area contributed by atoms with E-state index in [9.17, 15) is 14.4 Å². The Balaban J connectivity index is 1.53. The topological polar surface area (TPSA) is 90.8 Å². The first-order chi connectivity index (χ1) is 18.3. The summed E-state index contributed by atoms with van der Waals surface area (Å²) >= 11 is 6.57. The van der Waals surface area contributed by atoms with Crippen LogP contribution >= 0.6 is 11.6 Å². The fourth-order valence-corrected chi connectivity index (χ4v) is 4.72. The van der Waals surface area contributed by atoms with Gasteiger partial charge >= 0.3 is 6.03 Å². The number of likely N-dealkylation sites (N-methyl/N-ethyl adjacent to an activating group) is 1. The number of benzene rings is 2. The number of unbranched alkanes of at least 4 members (excludes halogenated alkanes) is 1. The standard InChI is InChI=1S/C28H33ClN6O3/c1-4-5-14-32(3)26(36)17-30-28(38)33-19-21-9-6-7-10-25(21)34(18-20(33)2)27(37)23-12-11-22(16-24(23)29)35-15-8-13-31-35/h6-13,15-16,20H,4-5,14,17-19H2,1-3H3,(H,30,38)/t20-/m1/s1. The van der Waals surface area contributed by atoms with Crippen molar-refractivity contribution in [1.29, 1.82) is 0 Å². The number of nitrogens with one attached hydrogen (secondary N) is 1. The average molecular weight is 537 g/mol. The molecule has 1 N–H and O–H groups in total. The monoisotopic (exact) mass is 536 g/mol. The zero-order chi connectivity index (χ0) is 27.2. The van der Waals surface area contributed by atoms with Crippen LogP contribution in [0.4, 0.5) is 10.5 Å². The summed E-state index contributed by atoms with van der Waals surface area (Å²) in [5.41, 5.74) is 2.67. The first kappa shape index (κ1) is 27.2. The van der Waals surface area contributed by atoms with Gasteiger partial charge in [-0.2, -0.15) is 5.10 Å². The van der Waals surface area contributed by atoms with Gasteiger partial charge in [0.15, 0.2) is 0 Å². The highest BCUT2D eigenvalue weighted by Gasteiger charge is 2.32. The van der Waals surface area contributed by atoms with Gasteiger partial charge in [-0.15, -0.1) is 0 Å². The molecule has 2 heterocycles. The number of para-hydroxylation sites is 1. The number of carbonyl (C=O) groups is 3. The summed E-state index contributed by atoms with van der Waals surface area (Å²) in [5, 5.41) is 7.30. The van der Waals surface area contributed by atoms with Crippen molar-refractivity contribution >= 4 is 35.1 Å². The van der Waals surface area contributed by atoms with Gasteiger partial charge in [-0.05, 0) is 49.2 Å². The number of urea groups is 1. The molecule has 4 amide bonds. The maximum absolute atomic E-state index is 13.8. The molecule has 10 heteroatoms. The van der Waals surface area contributed by atoms with Crippen LogP contribution in [0.25, 0.3) is 5.69 Å². The van der Waals surface area contributed by atoms with Crippen LogP contribution in [-0.2, 0) is 11.3 Å². The van der Waals surface area contributed by atoms with E-state index in [2.05, 4.69) is 17.3 Å². The predicted octanol–water partition coefficient (Wildman–Crippen LogP) is 4.34. The molecule has 0 fully saturated rings. The molecule has 0 aliphatic carbocycles. The Morgan fingerprint density at radius 1 is 1.16 bits per heavy atom. The lowest BCUT2D eigenvalue weighted by Gasteiger charge is -2.29. The van der Waals surface area contributed by atoms with Gasteiger partial charge in [0, 0.05) is 50.8 Å². The van der Waals surface area contributed by atoms with Gasteiger partial charge in [-0.3, -0.25) is 9.59 Å². The SMILES string of the molecule is CCCCN(C)C(=O)CNC(=O)N1Cc2ccccc2N(C(=O)c2ccc(-n3cccn3)cc2Cl)C[C@H]1C. The molecule has 4 rings (SSSR count). The second kappa shape index (κ2) is 12.1. The fraction of sp³-hybridized carbons (Fsp3) is 0.357. The highest BCUT2D eigenvalue weighted by atomic mass is 35.5. The summed E-state index contributed by atoms with van der Waals surface area (Å²) in [4.78, 5) is 44.4. The minimum atomic E-state index is -0.347. The maximum Gasteiger partial charge on any atom is 0.318 e. The molecule has 9 nitrogen and oxygen atoms in total. The van der Waals surface area contributed by atoms with Gasteiger partial charge in [0.05, 0.1) is 22.8 Å². The van der Waals surface area contributed by atoms with Gasteiger partial charge in [0.2, 0.25) is 5.91 Å². The molecule has 3 aromatic rings. The molecule has 1 aromatic heterocycles. The number of hydrogen-bond acceptors (Lipinski definition) is 4. The molecule has 0 radical (unpaired) electrons. The smallest absolute Gasteiger partial charge is 0.318 e. The third-order valence-electron chi connectivity index (χ3n) is 6.72. The minimum Gasteiger partial charge on any atom is -0.344 e. The highest BCUT2D eigenvalue weighted by molar-refractivity contribution is 6.34. The number of fused-ring (bicyclic) bond motifs is 1. The second-order valence-electron chi connectivity index (χ2n) is 9.46. The number of carbonyl (C=O) groups excluding carboxylic acids is 3. The first-order valence-electron chi connectivity index (χ1n) is 12.8. The van der Waals surface area contributed by atoms with Gasteiger partial charge in [0.1, 0.15) is 0 Å². The zero-order valence-corrected chi connectivity index (χ0v) is 22.7. The number of rotatable bonds is 7. The number of halogens is 1. The van der Waals surface area contributed by atoms with Gasteiger partial charge in [-0.1, -0.05) is 43.1 Å². The van der Waals surface area contributed by atoms with Crippen LogP contribution in [0.15, 0.2) is 60.9 Å². The highest BCUT2D eigenvalue weighted by Crippen LogP contribution is 2.30. The van der Waals surface area contributed by atoms with E-state index in [0.29, 0.717) is 23.7 Å². The van der Waals surface area contributed by atoms with E-state index in [4.69, 9.17) is 11.6 Å². The normalized spacial score (nSPS) is 15.0. The van der Waals surface area contributed by atoms with Crippen molar-refractivity contribution in [3.05, 3.63) is 77.1 Å². The van der Waals surface area contributed by atoms with E-state index in [0.717, 1.165) is 29.8 Å². The van der Waals surface area contributed by atoms with Crippen molar-refractivity contribution in [3.8, 4) is 5.69 Å². The van der Waals surface area contributed by atoms with E-state index in [-0.39, 0.29) is 37.0 Å². The number of aromatic nitrogens is 2. The van der Waals surface area contributed by atoms with E-state index < -0.39 is 0 Å². The Morgan fingerprint density at radius 3 is 2.66 bits per heavy atom. The van der Waals surface area contributed by atoms with Gasteiger partial charge in [0.25, 0.3) is 5.91 Å². The van der Waals surface area contributed by atoms with E-state index in [1.807, 2.05) is 37.3 Å². The van der Waals surface area contributed by atoms with Crippen LogP contribution < -0.4 is 10.2 Å². The van der Waals surface area contributed by atoms with Crippen molar-refractivity contribution < 1.29 is 14.4 Å². The van der Waals surface area contributed by atoms with E-state index >= 15 is 0 Å². The van der Waals surface area contributed by atoms with Crippen LogP contribution in [0.2, 0.25) is 5.02 Å². The molecule has 2 aromatic carbocycles. The molecule has 1 aliphatic heterocycles. The van der Waals surface area contributed by atoms with Crippen molar-refractivity contribution in [3.63, 3.8) is 0 Å². The predicted molar refractivity (Wildman–Crippen MR) is 148 cm³/mol. The van der Waals surface area contributed by atoms with Crippen molar-refractivity contribution in [2.24, 2.45) is 0 Å². The Labute approximate surface area is 228 Å². The maximum atomic E-state index is 13.8. The molecule has 0 unspecified atom stereocenters. The lowest BCUT2D eigenvalue weighted by atomic mass is 10.1. The number of anilines is 1. The summed E-state index contributed by atoms with van der Waals surface area (Å²) in [6, 6.07) is 13.9. The number of nitrogens with zero attached hydrogens (tertiary/aromatic N) is 5. The number of hydrogen-bond donors (Lipinski definition) is 1. The average Bonchev–Trinajstić information content (AvgIpc) is 3.42. The van der Waals surface area contributed by atoms with Gasteiger partial charge in [-0.25, -0.2) is 9.48 Å². The van der Waals surface area contributed by atoms with E-state index in [1.165, 1.54) is 0 Å². The molecular formula is C28H33ClN6O3. The fourth-order valence-electron chi connectivity index (χ4n) is 4.47. The molecule has 0 bridgehead atoms. The molecule has 0 saturated heterocycles. The third kappa shape index (κ3) is 5.99. The molecule has 0 spiro atoms. The Bertz CT molecular complexity index is 1300. The van der Waals surface area contributed by atoms with Crippen molar-refractivity contribution in [1.82, 2.24) is 24.9 Å². The Hall–Kier alpha value is -3.85. The quantitative estimate of drug-likeness (QED) is 0.486. The molecule has 38 heavy (non-hydrogen) atoms. The summed E-state index contributed by atoms with van der Waals surface area (Å²) in [5.74, 6) is -0.393. The third-order valence-corrected chi connectivity index (χ3v) is 7.04. The van der Waals surface area contributed by atoms with Crippen LogP contribution in [0.5, 0.6) is 0 Å². The summed E-state index contributed by atoms with van der Waals surface area (Å²) in [6.07, 6.45) is 5.38. The number of amides is 4. The lowest BCUT2D eigenvalue weighted by molar-refractivity contribution is -0.128. The largest absolute Gasteiger partial charge is 0.344 e. The molecule has 1 atom stereocenters. The summed E-state index contributed by atoms with van der Waals surface area (Å²) in [7, 11) is 1.74. The Morgan fingerprint density at radius 2 is 1.95 bits per heavy atom. The van der Waals surface area contributed by atoms with Crippen molar-refractivity contribution in [2.45, 2.75) is 39.3 Å². The Kier molecular flexibility index (Phi) is 8.68.